The molecule has 5 heteroatoms. The van der Waals surface area contributed by atoms with Crippen molar-refractivity contribution >= 4 is 18.1 Å². The molecule has 0 bridgehead atoms. The Balaban J connectivity index is 3.55. The van der Waals surface area contributed by atoms with E-state index < -0.39 is 0 Å². The van der Waals surface area contributed by atoms with Gasteiger partial charge in [0.2, 0.25) is 0 Å². The molecule has 0 aliphatic heterocycles. The van der Waals surface area contributed by atoms with E-state index in [9.17, 15) is 9.59 Å². The predicted octanol–water partition coefficient (Wildman–Crippen LogP) is 2.56. The van der Waals surface area contributed by atoms with Crippen LogP contribution in [0.4, 0.5) is 0 Å². The summed E-state index contributed by atoms with van der Waals surface area (Å²) >= 11 is 0. The maximum atomic E-state index is 11.2. The highest BCUT2D eigenvalue weighted by molar-refractivity contribution is 5.88. The first-order valence-electron chi connectivity index (χ1n) is 6.70. The van der Waals surface area contributed by atoms with E-state index in [0.29, 0.717) is 28.9 Å². The van der Waals surface area contributed by atoms with Gasteiger partial charge in [0.15, 0.2) is 6.29 Å². The molecule has 0 saturated heterocycles. The zero-order valence-electron chi connectivity index (χ0n) is 13.5. The lowest BCUT2D eigenvalue weighted by Gasteiger charge is -2.14. The topological polar surface area (TPSA) is 55.8 Å². The molecule has 0 spiro atoms. The SMILES string of the molecule is COc1cc(C(/C=C(/C)C=O)=C/N(C)C)cc(OC)c1C=O. The van der Waals surface area contributed by atoms with Crippen LogP contribution in [0.2, 0.25) is 0 Å². The van der Waals surface area contributed by atoms with Crippen molar-refractivity contribution < 1.29 is 19.1 Å². The molecule has 22 heavy (non-hydrogen) atoms. The Kier molecular flexibility index (Phi) is 6.38. The number of rotatable bonds is 7. The largest absolute Gasteiger partial charge is 0.496 e. The van der Waals surface area contributed by atoms with Crippen LogP contribution in [-0.2, 0) is 4.79 Å². The molecule has 0 N–H and O–H groups in total. The Morgan fingerprint density at radius 1 is 1.09 bits per heavy atom. The van der Waals surface area contributed by atoms with Crippen molar-refractivity contribution in [3.05, 3.63) is 41.1 Å². The number of methoxy groups -OCH3 is 2. The first kappa shape index (κ1) is 17.5. The van der Waals surface area contributed by atoms with Crippen molar-refractivity contribution in [2.75, 3.05) is 28.3 Å². The van der Waals surface area contributed by atoms with Gasteiger partial charge in [-0.15, -0.1) is 0 Å². The second-order valence-corrected chi connectivity index (χ2v) is 4.97. The number of hydrogen-bond donors (Lipinski definition) is 0. The van der Waals surface area contributed by atoms with E-state index in [1.807, 2.05) is 25.2 Å². The molecule has 0 radical (unpaired) electrons. The van der Waals surface area contributed by atoms with Gasteiger partial charge < -0.3 is 14.4 Å². The fourth-order valence-electron chi connectivity index (χ4n) is 1.97. The number of ether oxygens (including phenoxy) is 2. The molecule has 0 atom stereocenters. The van der Waals surface area contributed by atoms with Crippen LogP contribution in [0.25, 0.3) is 5.57 Å². The highest BCUT2D eigenvalue weighted by Gasteiger charge is 2.13. The fourth-order valence-corrected chi connectivity index (χ4v) is 1.97. The second kappa shape index (κ2) is 8.02. The molecular weight excluding hydrogens is 282 g/mol. The zero-order valence-corrected chi connectivity index (χ0v) is 13.5. The number of benzene rings is 1. The van der Waals surface area contributed by atoms with Crippen LogP contribution in [0.1, 0.15) is 22.8 Å². The molecule has 1 aromatic rings. The Bertz CT molecular complexity index is 590. The van der Waals surface area contributed by atoms with Crippen LogP contribution in [0.15, 0.2) is 30.0 Å². The summed E-state index contributed by atoms with van der Waals surface area (Å²) in [4.78, 5) is 24.0. The van der Waals surface area contributed by atoms with Crippen LogP contribution in [0.3, 0.4) is 0 Å². The van der Waals surface area contributed by atoms with Crippen molar-refractivity contribution in [1.82, 2.24) is 4.90 Å². The zero-order chi connectivity index (χ0) is 16.7. The summed E-state index contributed by atoms with van der Waals surface area (Å²) in [6, 6.07) is 3.49. The third kappa shape index (κ3) is 4.22. The minimum atomic E-state index is 0.356. The number of allylic oxidation sites excluding steroid dienone is 3. The lowest BCUT2D eigenvalue weighted by molar-refractivity contribution is -0.104. The first-order valence-corrected chi connectivity index (χ1v) is 6.70. The van der Waals surface area contributed by atoms with Crippen molar-refractivity contribution in [1.29, 1.82) is 0 Å². The minimum absolute atomic E-state index is 0.356. The summed E-state index contributed by atoms with van der Waals surface area (Å²) in [5.41, 5.74) is 2.54. The standard InChI is InChI=1S/C17H21NO4/c1-12(10-19)6-14(9-18(2)3)13-7-16(21-4)15(11-20)17(8-13)22-5/h6-11H,1-5H3/b12-6-,14-9+. The molecule has 118 valence electrons. The summed E-state index contributed by atoms with van der Waals surface area (Å²) in [6.07, 6.45) is 5.13. The van der Waals surface area contributed by atoms with E-state index in [0.717, 1.165) is 17.4 Å². The van der Waals surface area contributed by atoms with E-state index in [1.165, 1.54) is 14.2 Å². The highest BCUT2D eigenvalue weighted by atomic mass is 16.5. The average molecular weight is 303 g/mol. The average Bonchev–Trinajstić information content (AvgIpc) is 2.51. The molecule has 1 rings (SSSR count). The maximum Gasteiger partial charge on any atom is 0.157 e. The van der Waals surface area contributed by atoms with Crippen LogP contribution in [0, 0.1) is 0 Å². The van der Waals surface area contributed by atoms with Gasteiger partial charge in [-0.25, -0.2) is 0 Å². The molecular formula is C17H21NO4. The van der Waals surface area contributed by atoms with Gasteiger partial charge in [-0.2, -0.15) is 0 Å². The van der Waals surface area contributed by atoms with E-state index in [2.05, 4.69) is 0 Å². The number of hydrogen-bond acceptors (Lipinski definition) is 5. The monoisotopic (exact) mass is 303 g/mol. The van der Waals surface area contributed by atoms with Crippen LogP contribution < -0.4 is 9.47 Å². The Labute approximate surface area is 130 Å². The minimum Gasteiger partial charge on any atom is -0.496 e. The van der Waals surface area contributed by atoms with Gasteiger partial charge in [-0.3, -0.25) is 9.59 Å². The lowest BCUT2D eigenvalue weighted by atomic mass is 10.0. The van der Waals surface area contributed by atoms with E-state index in [1.54, 1.807) is 25.1 Å². The normalized spacial score (nSPS) is 11.9. The van der Waals surface area contributed by atoms with Crippen LogP contribution in [-0.4, -0.2) is 45.8 Å². The molecule has 0 aliphatic rings. The number of carbonyl (C=O) groups is 2. The summed E-state index contributed by atoms with van der Waals surface area (Å²) < 4.78 is 10.5. The van der Waals surface area contributed by atoms with Gasteiger partial charge in [-0.05, 0) is 41.8 Å². The van der Waals surface area contributed by atoms with Gasteiger partial charge in [-0.1, -0.05) is 0 Å². The van der Waals surface area contributed by atoms with Crippen molar-refractivity contribution in [2.24, 2.45) is 0 Å². The van der Waals surface area contributed by atoms with Crippen molar-refractivity contribution in [2.45, 2.75) is 6.92 Å². The van der Waals surface area contributed by atoms with Crippen LogP contribution in [0.5, 0.6) is 11.5 Å². The number of aldehydes is 2. The lowest BCUT2D eigenvalue weighted by Crippen LogP contribution is -2.03. The van der Waals surface area contributed by atoms with Crippen molar-refractivity contribution in [3.63, 3.8) is 0 Å². The highest BCUT2D eigenvalue weighted by Crippen LogP contribution is 2.32. The molecule has 0 saturated carbocycles. The molecule has 0 heterocycles. The third-order valence-electron chi connectivity index (χ3n) is 2.96. The third-order valence-corrected chi connectivity index (χ3v) is 2.96. The first-order chi connectivity index (χ1) is 10.5. The quantitative estimate of drug-likeness (QED) is 0.440. The van der Waals surface area contributed by atoms with E-state index in [-0.39, 0.29) is 0 Å². The fraction of sp³-hybridized carbons (Fsp3) is 0.294. The van der Waals surface area contributed by atoms with Crippen LogP contribution >= 0.6 is 0 Å². The second-order valence-electron chi connectivity index (χ2n) is 4.97. The molecule has 5 nitrogen and oxygen atoms in total. The predicted molar refractivity (Wildman–Crippen MR) is 86.4 cm³/mol. The van der Waals surface area contributed by atoms with E-state index in [4.69, 9.17) is 9.47 Å². The molecule has 0 aliphatic carbocycles. The van der Waals surface area contributed by atoms with Gasteiger partial charge in [0.25, 0.3) is 0 Å². The summed E-state index contributed by atoms with van der Waals surface area (Å²) in [6.45, 7) is 1.73. The molecule has 0 aromatic heterocycles. The maximum absolute atomic E-state index is 11.2. The van der Waals surface area contributed by atoms with E-state index >= 15 is 0 Å². The Morgan fingerprint density at radius 2 is 1.64 bits per heavy atom. The number of nitrogens with zero attached hydrogens (tertiary/aromatic N) is 1. The molecule has 1 aromatic carbocycles. The Hall–Kier alpha value is -2.56. The van der Waals surface area contributed by atoms with Gasteiger partial charge in [0.05, 0.1) is 19.8 Å². The molecule has 0 fully saturated rings. The van der Waals surface area contributed by atoms with Gasteiger partial charge >= 0.3 is 0 Å². The Morgan fingerprint density at radius 3 is 2.00 bits per heavy atom. The summed E-state index contributed by atoms with van der Waals surface area (Å²) in [5, 5.41) is 0. The number of carbonyl (C=O) groups excluding carboxylic acids is 2. The summed E-state index contributed by atoms with van der Waals surface area (Å²) in [5.74, 6) is 0.845. The van der Waals surface area contributed by atoms with Gasteiger partial charge in [0, 0.05) is 20.3 Å². The molecule has 0 amide bonds. The molecule has 0 unspecified atom stereocenters. The van der Waals surface area contributed by atoms with Gasteiger partial charge in [0.1, 0.15) is 17.8 Å². The smallest absolute Gasteiger partial charge is 0.157 e. The summed E-state index contributed by atoms with van der Waals surface area (Å²) in [7, 11) is 6.76. The van der Waals surface area contributed by atoms with Crippen molar-refractivity contribution in [3.8, 4) is 11.5 Å².